The second-order valence-corrected chi connectivity index (χ2v) is 4.63. The molecule has 2 aromatic rings. The van der Waals surface area contributed by atoms with Gasteiger partial charge in [-0.2, -0.15) is 0 Å². The quantitative estimate of drug-likeness (QED) is 0.848. The summed E-state index contributed by atoms with van der Waals surface area (Å²) in [6.07, 6.45) is 1.61. The van der Waals surface area contributed by atoms with E-state index >= 15 is 0 Å². The van der Waals surface area contributed by atoms with Crippen LogP contribution in [0.5, 0.6) is 5.75 Å². The highest BCUT2D eigenvalue weighted by molar-refractivity contribution is 7.80. The smallest absolute Gasteiger partial charge is 0.146 e. The van der Waals surface area contributed by atoms with Crippen LogP contribution in [0.1, 0.15) is 11.1 Å². The van der Waals surface area contributed by atoms with Gasteiger partial charge in [-0.1, -0.05) is 12.2 Å². The van der Waals surface area contributed by atoms with Crippen LogP contribution < -0.4 is 15.8 Å². The fraction of sp³-hybridized carbons (Fsp3) is 0.143. The molecular formula is C14H14FN3OS. The molecule has 6 heteroatoms. The minimum absolute atomic E-state index is 0.210. The summed E-state index contributed by atoms with van der Waals surface area (Å²) in [6.45, 7) is 1.86. The molecule has 0 bridgehead atoms. The number of ether oxygens (including phenoxy) is 1. The molecule has 0 unspecified atom stereocenters. The summed E-state index contributed by atoms with van der Waals surface area (Å²) < 4.78 is 18.9. The topological polar surface area (TPSA) is 60.2 Å². The lowest BCUT2D eigenvalue weighted by molar-refractivity contribution is 0.414. The van der Waals surface area contributed by atoms with E-state index in [4.69, 9.17) is 22.7 Å². The van der Waals surface area contributed by atoms with Gasteiger partial charge in [0.05, 0.1) is 18.4 Å². The van der Waals surface area contributed by atoms with Crippen molar-refractivity contribution in [2.24, 2.45) is 5.73 Å². The van der Waals surface area contributed by atoms with Crippen molar-refractivity contribution in [3.8, 4) is 5.75 Å². The maximum atomic E-state index is 13.8. The molecule has 0 atom stereocenters. The fourth-order valence-electron chi connectivity index (χ4n) is 1.82. The van der Waals surface area contributed by atoms with Gasteiger partial charge in [0, 0.05) is 12.3 Å². The average Bonchev–Trinajstić information content (AvgIpc) is 2.41. The van der Waals surface area contributed by atoms with Crippen LogP contribution in [-0.4, -0.2) is 17.1 Å². The minimum Gasteiger partial charge on any atom is -0.497 e. The third-order valence-corrected chi connectivity index (χ3v) is 3.04. The number of thiocarbonyl (C=S) groups is 1. The van der Waals surface area contributed by atoms with Crippen LogP contribution in [0.15, 0.2) is 30.5 Å². The lowest BCUT2D eigenvalue weighted by atomic mass is 10.1. The molecule has 2 rings (SSSR count). The summed E-state index contributed by atoms with van der Waals surface area (Å²) in [7, 11) is 1.52. The Morgan fingerprint density at radius 1 is 1.40 bits per heavy atom. The molecule has 0 spiro atoms. The van der Waals surface area contributed by atoms with Crippen molar-refractivity contribution >= 4 is 28.7 Å². The van der Waals surface area contributed by atoms with E-state index in [2.05, 4.69) is 10.3 Å². The van der Waals surface area contributed by atoms with Gasteiger partial charge in [0.25, 0.3) is 0 Å². The number of aryl methyl sites for hydroxylation is 1. The number of hydrogen-bond acceptors (Lipinski definition) is 4. The van der Waals surface area contributed by atoms with Crippen molar-refractivity contribution < 1.29 is 9.13 Å². The SMILES string of the molecule is COc1ccc(F)c(Nc2nccc(C)c2C(N)=S)c1. The summed E-state index contributed by atoms with van der Waals surface area (Å²) >= 11 is 5.01. The average molecular weight is 291 g/mol. The molecule has 4 nitrogen and oxygen atoms in total. The molecule has 0 fully saturated rings. The molecule has 104 valence electrons. The first-order valence-electron chi connectivity index (χ1n) is 5.89. The van der Waals surface area contributed by atoms with Crippen molar-refractivity contribution in [2.75, 3.05) is 12.4 Å². The number of methoxy groups -OCH3 is 1. The maximum Gasteiger partial charge on any atom is 0.146 e. The van der Waals surface area contributed by atoms with E-state index in [1.165, 1.54) is 13.2 Å². The summed E-state index contributed by atoms with van der Waals surface area (Å²) in [5.41, 5.74) is 7.42. The van der Waals surface area contributed by atoms with Crippen LogP contribution in [-0.2, 0) is 0 Å². The number of nitrogens with one attached hydrogen (secondary N) is 1. The van der Waals surface area contributed by atoms with Gasteiger partial charge in [-0.15, -0.1) is 0 Å². The third kappa shape index (κ3) is 2.85. The number of rotatable bonds is 4. The second kappa shape index (κ2) is 5.83. The summed E-state index contributed by atoms with van der Waals surface area (Å²) in [5.74, 6) is 0.547. The minimum atomic E-state index is -0.414. The highest BCUT2D eigenvalue weighted by Crippen LogP contribution is 2.26. The van der Waals surface area contributed by atoms with E-state index in [1.54, 1.807) is 24.4 Å². The molecule has 1 aromatic carbocycles. The van der Waals surface area contributed by atoms with Crippen LogP contribution in [0.3, 0.4) is 0 Å². The normalized spacial score (nSPS) is 10.2. The number of anilines is 2. The van der Waals surface area contributed by atoms with Crippen LogP contribution in [0.2, 0.25) is 0 Å². The molecule has 3 N–H and O–H groups in total. The number of benzene rings is 1. The number of pyridine rings is 1. The van der Waals surface area contributed by atoms with Gasteiger partial charge >= 0.3 is 0 Å². The van der Waals surface area contributed by atoms with Crippen LogP contribution in [0.25, 0.3) is 0 Å². The lowest BCUT2D eigenvalue weighted by Crippen LogP contribution is -2.15. The van der Waals surface area contributed by atoms with Crippen molar-refractivity contribution in [3.63, 3.8) is 0 Å². The molecule has 0 saturated carbocycles. The zero-order chi connectivity index (χ0) is 14.7. The molecule has 1 heterocycles. The van der Waals surface area contributed by atoms with Crippen LogP contribution >= 0.6 is 12.2 Å². The first kappa shape index (κ1) is 14.2. The van der Waals surface area contributed by atoms with Gasteiger partial charge in [-0.25, -0.2) is 9.37 Å². The van der Waals surface area contributed by atoms with Crippen molar-refractivity contribution in [3.05, 3.63) is 47.4 Å². The van der Waals surface area contributed by atoms with Crippen LogP contribution in [0, 0.1) is 12.7 Å². The molecule has 0 saturated heterocycles. The summed E-state index contributed by atoms with van der Waals surface area (Å²) in [4.78, 5) is 4.38. The second-order valence-electron chi connectivity index (χ2n) is 4.19. The van der Waals surface area contributed by atoms with Gasteiger partial charge in [0.1, 0.15) is 22.4 Å². The van der Waals surface area contributed by atoms with E-state index in [9.17, 15) is 4.39 Å². The molecule has 0 aliphatic heterocycles. The molecule has 20 heavy (non-hydrogen) atoms. The first-order valence-corrected chi connectivity index (χ1v) is 6.29. The Morgan fingerprint density at radius 2 is 2.15 bits per heavy atom. The number of hydrogen-bond donors (Lipinski definition) is 2. The molecule has 0 amide bonds. The number of halogens is 1. The maximum absolute atomic E-state index is 13.8. The van der Waals surface area contributed by atoms with Crippen molar-refractivity contribution in [2.45, 2.75) is 6.92 Å². The molecule has 0 radical (unpaired) electrons. The monoisotopic (exact) mass is 291 g/mol. The Labute approximate surface area is 121 Å². The summed E-state index contributed by atoms with van der Waals surface area (Å²) in [5, 5.41) is 2.90. The van der Waals surface area contributed by atoms with Gasteiger partial charge in [0.15, 0.2) is 0 Å². The van der Waals surface area contributed by atoms with E-state index in [1.807, 2.05) is 6.92 Å². The van der Waals surface area contributed by atoms with Gasteiger partial charge in [0.2, 0.25) is 0 Å². The number of nitrogens with two attached hydrogens (primary N) is 1. The molecule has 0 aliphatic rings. The third-order valence-electron chi connectivity index (χ3n) is 2.83. The fourth-order valence-corrected chi connectivity index (χ4v) is 2.08. The Hall–Kier alpha value is -2.21. The van der Waals surface area contributed by atoms with E-state index in [-0.39, 0.29) is 10.7 Å². The zero-order valence-corrected chi connectivity index (χ0v) is 11.9. The van der Waals surface area contributed by atoms with Gasteiger partial charge in [-0.05, 0) is 30.7 Å². The highest BCUT2D eigenvalue weighted by Gasteiger charge is 2.12. The van der Waals surface area contributed by atoms with E-state index in [0.717, 1.165) is 5.56 Å². The Balaban J connectivity index is 2.45. The standard InChI is InChI=1S/C14H14FN3OS/c1-8-5-6-17-14(12(8)13(16)20)18-11-7-9(19-2)3-4-10(11)15/h3-7H,1-2H3,(H2,16,20)(H,17,18). The largest absolute Gasteiger partial charge is 0.497 e. The number of nitrogens with zero attached hydrogens (tertiary/aromatic N) is 1. The predicted octanol–water partition coefficient (Wildman–Crippen LogP) is 2.92. The Morgan fingerprint density at radius 3 is 2.80 bits per heavy atom. The molecule has 0 aliphatic carbocycles. The summed E-state index contributed by atoms with van der Waals surface area (Å²) in [6, 6.07) is 6.19. The first-order chi connectivity index (χ1) is 9.52. The molecular weight excluding hydrogens is 277 g/mol. The molecule has 1 aromatic heterocycles. The van der Waals surface area contributed by atoms with Crippen molar-refractivity contribution in [1.82, 2.24) is 4.98 Å². The zero-order valence-electron chi connectivity index (χ0n) is 11.1. The Kier molecular flexibility index (Phi) is 4.14. The Bertz CT molecular complexity index is 661. The van der Waals surface area contributed by atoms with Crippen molar-refractivity contribution in [1.29, 1.82) is 0 Å². The lowest BCUT2D eigenvalue weighted by Gasteiger charge is -2.13. The van der Waals surface area contributed by atoms with E-state index in [0.29, 0.717) is 17.1 Å². The van der Waals surface area contributed by atoms with Gasteiger partial charge < -0.3 is 15.8 Å². The number of aromatic nitrogens is 1. The van der Waals surface area contributed by atoms with Crippen LogP contribution in [0.4, 0.5) is 15.9 Å². The van der Waals surface area contributed by atoms with Gasteiger partial charge in [-0.3, -0.25) is 0 Å². The predicted molar refractivity (Wildman–Crippen MR) is 81.1 cm³/mol. The highest BCUT2D eigenvalue weighted by atomic mass is 32.1. The van der Waals surface area contributed by atoms with E-state index < -0.39 is 5.82 Å².